The van der Waals surface area contributed by atoms with Crippen molar-refractivity contribution in [1.82, 2.24) is 19.4 Å². The highest BCUT2D eigenvalue weighted by Crippen LogP contribution is 2.38. The molecule has 0 aliphatic carbocycles. The van der Waals surface area contributed by atoms with Crippen molar-refractivity contribution in [3.8, 4) is 17.0 Å². The van der Waals surface area contributed by atoms with Crippen LogP contribution in [0.4, 0.5) is 23.0 Å². The number of anilines is 4. The van der Waals surface area contributed by atoms with Crippen molar-refractivity contribution in [2.75, 3.05) is 56.9 Å². The van der Waals surface area contributed by atoms with Crippen LogP contribution < -0.4 is 20.3 Å². The molecule has 4 aromatic rings. The Kier molecular flexibility index (Phi) is 8.55. The Morgan fingerprint density at radius 3 is 2.66 bits per heavy atom. The van der Waals surface area contributed by atoms with Crippen LogP contribution in [0.3, 0.4) is 0 Å². The van der Waals surface area contributed by atoms with E-state index in [4.69, 9.17) is 9.72 Å². The maximum atomic E-state index is 12.4. The average molecular weight is 532 g/mol. The molecule has 0 atom stereocenters. The molecule has 38 heavy (non-hydrogen) atoms. The lowest BCUT2D eigenvalue weighted by atomic mass is 10.1. The van der Waals surface area contributed by atoms with E-state index in [1.54, 1.807) is 13.3 Å². The highest BCUT2D eigenvalue weighted by atomic mass is 32.1. The Hall–Kier alpha value is -4.02. The Morgan fingerprint density at radius 1 is 1.13 bits per heavy atom. The number of benzene rings is 2. The molecule has 2 heterocycles. The first-order valence-electron chi connectivity index (χ1n) is 12.1. The SMILES string of the molecule is COc1cc(N(C)CCN(C)C)c(NC(=O)/C=C\S)cc1Nc1nccc(-c2cn(C)c3ccccc23)n1. The van der Waals surface area contributed by atoms with Gasteiger partial charge < -0.3 is 29.7 Å². The first kappa shape index (κ1) is 27.0. The van der Waals surface area contributed by atoms with Gasteiger partial charge in [0.25, 0.3) is 0 Å². The minimum atomic E-state index is -0.285. The summed E-state index contributed by atoms with van der Waals surface area (Å²) in [7, 11) is 9.65. The van der Waals surface area contributed by atoms with E-state index < -0.39 is 0 Å². The molecule has 0 radical (unpaired) electrons. The number of rotatable bonds is 10. The van der Waals surface area contributed by atoms with Gasteiger partial charge in [-0.15, -0.1) is 0 Å². The number of carbonyl (C=O) groups excluding carboxylic acids is 1. The zero-order chi connectivity index (χ0) is 27.2. The lowest BCUT2D eigenvalue weighted by Crippen LogP contribution is -2.29. The summed E-state index contributed by atoms with van der Waals surface area (Å²) in [6.07, 6.45) is 5.15. The molecule has 9 nitrogen and oxygen atoms in total. The summed E-state index contributed by atoms with van der Waals surface area (Å²) in [5.74, 6) is 0.723. The molecular weight excluding hydrogens is 498 g/mol. The van der Waals surface area contributed by atoms with Gasteiger partial charge in [-0.25, -0.2) is 9.97 Å². The van der Waals surface area contributed by atoms with E-state index in [1.165, 1.54) is 11.5 Å². The molecule has 1 amide bonds. The minimum Gasteiger partial charge on any atom is -0.494 e. The molecule has 2 aromatic carbocycles. The van der Waals surface area contributed by atoms with E-state index in [0.717, 1.165) is 40.9 Å². The molecule has 198 valence electrons. The molecule has 0 bridgehead atoms. The topological polar surface area (TPSA) is 87.5 Å². The number of aromatic nitrogens is 3. The normalized spacial score (nSPS) is 11.3. The lowest BCUT2D eigenvalue weighted by Gasteiger charge is -2.26. The number of nitrogens with zero attached hydrogens (tertiary/aromatic N) is 5. The van der Waals surface area contributed by atoms with Crippen molar-refractivity contribution in [2.24, 2.45) is 7.05 Å². The number of ether oxygens (including phenoxy) is 1. The molecule has 0 fully saturated rings. The van der Waals surface area contributed by atoms with E-state index in [-0.39, 0.29) is 5.91 Å². The number of thiol groups is 1. The highest BCUT2D eigenvalue weighted by molar-refractivity contribution is 7.83. The Balaban J connectivity index is 1.71. The van der Waals surface area contributed by atoms with Crippen molar-refractivity contribution >= 4 is 52.4 Å². The van der Waals surface area contributed by atoms with Crippen LogP contribution in [0.15, 0.2) is 66.3 Å². The number of fused-ring (bicyclic) bond motifs is 1. The van der Waals surface area contributed by atoms with Crippen LogP contribution >= 0.6 is 12.6 Å². The minimum absolute atomic E-state index is 0.285. The third-order valence-electron chi connectivity index (χ3n) is 6.17. The van der Waals surface area contributed by atoms with Crippen molar-refractivity contribution in [3.63, 3.8) is 0 Å². The number of hydrogen-bond acceptors (Lipinski definition) is 8. The Morgan fingerprint density at radius 2 is 1.92 bits per heavy atom. The number of para-hydroxylation sites is 1. The maximum absolute atomic E-state index is 12.4. The summed E-state index contributed by atoms with van der Waals surface area (Å²) in [6, 6.07) is 13.8. The van der Waals surface area contributed by atoms with Gasteiger partial charge >= 0.3 is 0 Å². The first-order valence-corrected chi connectivity index (χ1v) is 12.7. The number of nitrogens with one attached hydrogen (secondary N) is 2. The zero-order valence-corrected chi connectivity index (χ0v) is 23.2. The van der Waals surface area contributed by atoms with E-state index in [1.807, 2.05) is 58.5 Å². The summed E-state index contributed by atoms with van der Waals surface area (Å²) in [5, 5.41) is 8.75. The molecule has 10 heteroatoms. The number of likely N-dealkylation sites (N-methyl/N-ethyl adjacent to an activating group) is 2. The van der Waals surface area contributed by atoms with E-state index in [9.17, 15) is 4.79 Å². The van der Waals surface area contributed by atoms with Crippen LogP contribution in [0.25, 0.3) is 22.2 Å². The summed E-state index contributed by atoms with van der Waals surface area (Å²) >= 11 is 4.02. The zero-order valence-electron chi connectivity index (χ0n) is 22.3. The van der Waals surface area contributed by atoms with Gasteiger partial charge in [-0.3, -0.25) is 4.79 Å². The smallest absolute Gasteiger partial charge is 0.248 e. The third-order valence-corrected chi connectivity index (χ3v) is 6.32. The predicted molar refractivity (Wildman–Crippen MR) is 159 cm³/mol. The number of amides is 1. The first-order chi connectivity index (χ1) is 18.3. The number of aryl methyl sites for hydroxylation is 1. The molecule has 2 aromatic heterocycles. The van der Waals surface area contributed by atoms with E-state index in [2.05, 4.69) is 60.9 Å². The van der Waals surface area contributed by atoms with Crippen LogP contribution in [0.5, 0.6) is 5.75 Å². The molecule has 0 spiro atoms. The fourth-order valence-corrected chi connectivity index (χ4v) is 4.33. The second-order valence-corrected chi connectivity index (χ2v) is 9.46. The molecule has 0 saturated heterocycles. The van der Waals surface area contributed by atoms with Crippen LogP contribution in [0.1, 0.15) is 0 Å². The van der Waals surface area contributed by atoms with Gasteiger partial charge in [0.2, 0.25) is 11.9 Å². The van der Waals surface area contributed by atoms with Crippen molar-refractivity contribution in [3.05, 3.63) is 66.3 Å². The molecule has 0 saturated carbocycles. The fourth-order valence-electron chi connectivity index (χ4n) is 4.20. The van der Waals surface area contributed by atoms with Gasteiger partial charge in [0.05, 0.1) is 29.9 Å². The largest absolute Gasteiger partial charge is 0.494 e. The highest BCUT2D eigenvalue weighted by Gasteiger charge is 2.17. The molecule has 0 aliphatic heterocycles. The second kappa shape index (κ2) is 12.0. The van der Waals surface area contributed by atoms with Crippen molar-refractivity contribution in [1.29, 1.82) is 0 Å². The van der Waals surface area contributed by atoms with Crippen molar-refractivity contribution in [2.45, 2.75) is 0 Å². The summed E-state index contributed by atoms with van der Waals surface area (Å²) in [5.41, 5.74) is 5.01. The summed E-state index contributed by atoms with van der Waals surface area (Å²) < 4.78 is 7.81. The van der Waals surface area contributed by atoms with Gasteiger partial charge in [0, 0.05) is 68.2 Å². The van der Waals surface area contributed by atoms with Crippen LogP contribution in [0.2, 0.25) is 0 Å². The predicted octanol–water partition coefficient (Wildman–Crippen LogP) is 4.77. The van der Waals surface area contributed by atoms with Gasteiger partial charge in [0.1, 0.15) is 5.75 Å². The number of carbonyl (C=O) groups is 1. The van der Waals surface area contributed by atoms with Gasteiger partial charge in [-0.2, -0.15) is 12.6 Å². The average Bonchev–Trinajstić information content (AvgIpc) is 3.24. The monoisotopic (exact) mass is 531 g/mol. The lowest BCUT2D eigenvalue weighted by molar-refractivity contribution is -0.111. The van der Waals surface area contributed by atoms with Gasteiger partial charge in [0.15, 0.2) is 0 Å². The molecule has 0 unspecified atom stereocenters. The number of hydrogen-bond donors (Lipinski definition) is 3. The summed E-state index contributed by atoms with van der Waals surface area (Å²) in [6.45, 7) is 1.60. The summed E-state index contributed by atoms with van der Waals surface area (Å²) in [4.78, 5) is 25.8. The van der Waals surface area contributed by atoms with Gasteiger partial charge in [-0.1, -0.05) is 18.2 Å². The van der Waals surface area contributed by atoms with E-state index >= 15 is 0 Å². The molecule has 4 rings (SSSR count). The Labute approximate surface area is 228 Å². The molecular formula is C28H33N7O2S. The quantitative estimate of drug-likeness (QED) is 0.201. The van der Waals surface area contributed by atoms with E-state index in [0.29, 0.717) is 23.1 Å². The third kappa shape index (κ3) is 6.09. The standard InChI is InChI=1S/C28H33N7O2S/c1-33(2)13-14-34(3)25-17-26(37-5)23(16-22(25)30-27(36)11-15-38)32-28-29-12-10-21(31-28)20-18-35(4)24-9-7-6-8-19(20)24/h6-12,15-18,38H,13-14H2,1-5H3,(H,30,36)(H,29,31,32)/b15-11-. The molecule has 0 aliphatic rings. The van der Waals surface area contributed by atoms with Gasteiger partial charge in [-0.05, 0) is 37.7 Å². The Bertz CT molecular complexity index is 1470. The molecule has 2 N–H and O–H groups in total. The van der Waals surface area contributed by atoms with Crippen LogP contribution in [-0.4, -0.2) is 66.7 Å². The second-order valence-electron chi connectivity index (χ2n) is 9.16. The van der Waals surface area contributed by atoms with Crippen LogP contribution in [-0.2, 0) is 11.8 Å². The number of methoxy groups -OCH3 is 1. The fraction of sp³-hybridized carbons (Fsp3) is 0.250. The van der Waals surface area contributed by atoms with Crippen LogP contribution in [0, 0.1) is 0 Å². The maximum Gasteiger partial charge on any atom is 0.248 e. The van der Waals surface area contributed by atoms with Crippen molar-refractivity contribution < 1.29 is 9.53 Å².